The zero-order chi connectivity index (χ0) is 40.5. The Balaban J connectivity index is 4.26. The fraction of sp³-hybridized carbons (Fsp3) is 0.939. The van der Waals surface area contributed by atoms with E-state index in [2.05, 4.69) is 34.6 Å². The van der Waals surface area contributed by atoms with E-state index in [-0.39, 0.29) is 31.1 Å². The van der Waals surface area contributed by atoms with Gasteiger partial charge in [-0.3, -0.25) is 14.4 Å². The van der Waals surface area contributed by atoms with Gasteiger partial charge in [-0.25, -0.2) is 0 Å². The first-order valence-corrected chi connectivity index (χ1v) is 24.3. The third kappa shape index (κ3) is 41.9. The second-order valence-corrected chi connectivity index (χ2v) is 17.5. The predicted molar refractivity (Wildman–Crippen MR) is 233 cm³/mol. The van der Waals surface area contributed by atoms with E-state index < -0.39 is 6.10 Å². The Labute approximate surface area is 342 Å². The van der Waals surface area contributed by atoms with E-state index in [4.69, 9.17) is 14.2 Å². The highest BCUT2D eigenvalue weighted by Gasteiger charge is 2.19. The Morgan fingerprint density at radius 3 is 1.04 bits per heavy atom. The molecule has 1 unspecified atom stereocenters. The van der Waals surface area contributed by atoms with Gasteiger partial charge in [0.15, 0.2) is 6.10 Å². The number of carbonyl (C=O) groups is 3. The summed E-state index contributed by atoms with van der Waals surface area (Å²) in [7, 11) is 0. The van der Waals surface area contributed by atoms with Crippen LogP contribution in [-0.2, 0) is 28.6 Å². The van der Waals surface area contributed by atoms with Crippen LogP contribution in [-0.4, -0.2) is 37.2 Å². The highest BCUT2D eigenvalue weighted by atomic mass is 16.6. The maximum atomic E-state index is 12.7. The molecule has 0 aromatic heterocycles. The van der Waals surface area contributed by atoms with E-state index >= 15 is 0 Å². The molecule has 0 amide bonds. The van der Waals surface area contributed by atoms with Gasteiger partial charge in [-0.2, -0.15) is 0 Å². The number of hydrogen-bond donors (Lipinski definition) is 0. The van der Waals surface area contributed by atoms with Gasteiger partial charge in [0, 0.05) is 19.3 Å². The van der Waals surface area contributed by atoms with Gasteiger partial charge in [-0.1, -0.05) is 227 Å². The number of unbranched alkanes of at least 4 members (excludes halogenated alkanes) is 27. The molecule has 0 rings (SSSR count). The Morgan fingerprint density at radius 1 is 0.382 bits per heavy atom. The topological polar surface area (TPSA) is 78.9 Å². The highest BCUT2D eigenvalue weighted by Crippen LogP contribution is 2.17. The molecule has 55 heavy (non-hydrogen) atoms. The molecule has 0 radical (unpaired) electrons. The SMILES string of the molecule is CCCCCCCCCCCCCCCCCCCCC(=O)O[C@H](COC(=O)CCCCCCCCC(C)C)COC(=O)CCCCCCCCC(C)CC. The Morgan fingerprint density at radius 2 is 0.691 bits per heavy atom. The smallest absolute Gasteiger partial charge is 0.306 e. The van der Waals surface area contributed by atoms with Crippen molar-refractivity contribution in [2.75, 3.05) is 13.2 Å². The number of carbonyl (C=O) groups excluding carboxylic acids is 3. The first kappa shape index (κ1) is 53.4. The summed E-state index contributed by atoms with van der Waals surface area (Å²) in [5.41, 5.74) is 0. The molecule has 0 fully saturated rings. The summed E-state index contributed by atoms with van der Waals surface area (Å²) in [6.45, 7) is 11.3. The zero-order valence-electron chi connectivity index (χ0n) is 37.6. The minimum atomic E-state index is -0.762. The van der Waals surface area contributed by atoms with Crippen LogP contribution in [0.5, 0.6) is 0 Å². The molecule has 0 aliphatic heterocycles. The van der Waals surface area contributed by atoms with Crippen LogP contribution >= 0.6 is 0 Å². The van der Waals surface area contributed by atoms with Gasteiger partial charge in [-0.15, -0.1) is 0 Å². The van der Waals surface area contributed by atoms with E-state index in [0.29, 0.717) is 19.3 Å². The van der Waals surface area contributed by atoms with Crippen LogP contribution in [0.15, 0.2) is 0 Å². The monoisotopic (exact) mass is 779 g/mol. The van der Waals surface area contributed by atoms with E-state index in [1.54, 1.807) is 0 Å². The molecule has 6 heteroatoms. The molecule has 0 saturated heterocycles. The molecule has 2 atom stereocenters. The first-order valence-electron chi connectivity index (χ1n) is 24.3. The van der Waals surface area contributed by atoms with Crippen LogP contribution in [0.2, 0.25) is 0 Å². The maximum Gasteiger partial charge on any atom is 0.306 e. The van der Waals surface area contributed by atoms with Crippen molar-refractivity contribution in [3.05, 3.63) is 0 Å². The van der Waals surface area contributed by atoms with Crippen LogP contribution in [0.25, 0.3) is 0 Å². The summed E-state index contributed by atoms with van der Waals surface area (Å²) < 4.78 is 16.7. The molecule has 326 valence electrons. The normalized spacial score (nSPS) is 12.5. The summed E-state index contributed by atoms with van der Waals surface area (Å²) in [4.78, 5) is 37.7. The van der Waals surface area contributed by atoms with Gasteiger partial charge in [-0.05, 0) is 31.1 Å². The standard InChI is InChI=1S/C49H94O6/c1-6-8-9-10-11-12-13-14-15-16-17-18-19-20-21-22-31-36-41-49(52)55-46(42-53-47(50)39-34-29-25-23-27-32-37-44(3)4)43-54-48(51)40-35-30-26-24-28-33-38-45(5)7-2/h44-46H,6-43H2,1-5H3/t45?,46-/m1/s1. The van der Waals surface area contributed by atoms with Crippen molar-refractivity contribution in [1.29, 1.82) is 0 Å². The Hall–Kier alpha value is -1.59. The van der Waals surface area contributed by atoms with E-state index in [1.165, 1.54) is 154 Å². The quantitative estimate of drug-likeness (QED) is 0.0348. The van der Waals surface area contributed by atoms with Crippen molar-refractivity contribution < 1.29 is 28.6 Å². The molecule has 0 saturated carbocycles. The average molecular weight is 779 g/mol. The van der Waals surface area contributed by atoms with E-state index in [9.17, 15) is 14.4 Å². The summed E-state index contributed by atoms with van der Waals surface area (Å²) in [5.74, 6) is 0.716. The summed E-state index contributed by atoms with van der Waals surface area (Å²) in [6, 6.07) is 0. The van der Waals surface area contributed by atoms with Crippen LogP contribution in [0.3, 0.4) is 0 Å². The lowest BCUT2D eigenvalue weighted by Crippen LogP contribution is -2.30. The van der Waals surface area contributed by atoms with Crippen molar-refractivity contribution in [1.82, 2.24) is 0 Å². The lowest BCUT2D eigenvalue weighted by atomic mass is 10.00. The third-order valence-electron chi connectivity index (χ3n) is 11.3. The fourth-order valence-electron chi connectivity index (χ4n) is 7.25. The summed E-state index contributed by atoms with van der Waals surface area (Å²) in [6.07, 6.45) is 41.1. The molecule has 0 aromatic rings. The molecular formula is C49H94O6. The Kier molecular flexibility index (Phi) is 40.8. The first-order chi connectivity index (χ1) is 26.8. The molecule has 0 bridgehead atoms. The van der Waals surface area contributed by atoms with E-state index in [1.807, 2.05) is 0 Å². The van der Waals surface area contributed by atoms with Crippen molar-refractivity contribution in [2.24, 2.45) is 11.8 Å². The van der Waals surface area contributed by atoms with Crippen LogP contribution < -0.4 is 0 Å². The van der Waals surface area contributed by atoms with Gasteiger partial charge in [0.2, 0.25) is 0 Å². The van der Waals surface area contributed by atoms with Crippen LogP contribution in [0.1, 0.15) is 266 Å². The molecule has 0 N–H and O–H groups in total. The van der Waals surface area contributed by atoms with Gasteiger partial charge in [0.25, 0.3) is 0 Å². The molecule has 0 spiro atoms. The molecule has 0 aromatic carbocycles. The predicted octanol–water partition coefficient (Wildman–Crippen LogP) is 15.4. The summed E-state index contributed by atoms with van der Waals surface area (Å²) >= 11 is 0. The van der Waals surface area contributed by atoms with Gasteiger partial charge >= 0.3 is 17.9 Å². The number of hydrogen-bond acceptors (Lipinski definition) is 6. The van der Waals surface area contributed by atoms with E-state index in [0.717, 1.165) is 69.6 Å². The van der Waals surface area contributed by atoms with Gasteiger partial charge in [0.05, 0.1) is 0 Å². The number of esters is 3. The van der Waals surface area contributed by atoms with Gasteiger partial charge < -0.3 is 14.2 Å². The highest BCUT2D eigenvalue weighted by molar-refractivity contribution is 5.71. The largest absolute Gasteiger partial charge is 0.462 e. The van der Waals surface area contributed by atoms with Crippen LogP contribution in [0, 0.1) is 11.8 Å². The number of ether oxygens (including phenoxy) is 3. The van der Waals surface area contributed by atoms with Gasteiger partial charge in [0.1, 0.15) is 13.2 Å². The molecular weight excluding hydrogens is 685 g/mol. The fourth-order valence-corrected chi connectivity index (χ4v) is 7.25. The molecule has 0 heterocycles. The van der Waals surface area contributed by atoms with Crippen molar-refractivity contribution in [2.45, 2.75) is 272 Å². The minimum Gasteiger partial charge on any atom is -0.462 e. The second kappa shape index (κ2) is 42.0. The summed E-state index contributed by atoms with van der Waals surface area (Å²) in [5, 5.41) is 0. The molecule has 6 nitrogen and oxygen atoms in total. The second-order valence-electron chi connectivity index (χ2n) is 17.5. The lowest BCUT2D eigenvalue weighted by Gasteiger charge is -2.18. The Bertz CT molecular complexity index is 841. The van der Waals surface area contributed by atoms with Crippen molar-refractivity contribution >= 4 is 17.9 Å². The maximum absolute atomic E-state index is 12.7. The number of rotatable bonds is 43. The zero-order valence-corrected chi connectivity index (χ0v) is 37.6. The third-order valence-corrected chi connectivity index (χ3v) is 11.3. The lowest BCUT2D eigenvalue weighted by molar-refractivity contribution is -0.167. The van der Waals surface area contributed by atoms with Crippen molar-refractivity contribution in [3.63, 3.8) is 0 Å². The average Bonchev–Trinajstić information content (AvgIpc) is 3.17. The van der Waals surface area contributed by atoms with Crippen molar-refractivity contribution in [3.8, 4) is 0 Å². The van der Waals surface area contributed by atoms with Crippen LogP contribution in [0.4, 0.5) is 0 Å². The minimum absolute atomic E-state index is 0.0665. The molecule has 0 aliphatic carbocycles. The molecule has 0 aliphatic rings.